The van der Waals surface area contributed by atoms with Crippen LogP contribution in [0.25, 0.3) is 0 Å². The molecule has 0 aromatic heterocycles. The first-order valence-electron chi connectivity index (χ1n) is 9.08. The van der Waals surface area contributed by atoms with E-state index in [1.165, 1.54) is 37.1 Å². The number of nitrogens with zero attached hydrogens (tertiary/aromatic N) is 2. The minimum atomic E-state index is 0. The lowest BCUT2D eigenvalue weighted by molar-refractivity contribution is -0.910. The van der Waals surface area contributed by atoms with Gasteiger partial charge in [-0.3, -0.25) is 0 Å². The third-order valence-corrected chi connectivity index (χ3v) is 4.68. The molecular weight excluding hydrogens is 452 g/mol. The predicted octanol–water partition coefficient (Wildman–Crippen LogP) is -1.67. The molecule has 26 heavy (non-hydrogen) atoms. The van der Waals surface area contributed by atoms with Gasteiger partial charge in [0.25, 0.3) is 0 Å². The van der Waals surface area contributed by atoms with Crippen molar-refractivity contribution < 1.29 is 42.9 Å². The molecule has 146 valence electrons. The average Bonchev–Trinajstić information content (AvgIpc) is 2.53. The van der Waals surface area contributed by atoms with Gasteiger partial charge in [0.1, 0.15) is 13.1 Å². The van der Waals surface area contributed by atoms with Crippen LogP contribution in [0, 0.1) is 0 Å². The molecule has 0 spiro atoms. The van der Waals surface area contributed by atoms with Gasteiger partial charge in [0, 0.05) is 24.0 Å². The second-order valence-electron chi connectivity index (χ2n) is 8.31. The highest BCUT2D eigenvalue weighted by Crippen LogP contribution is 2.13. The molecule has 0 N–H and O–H groups in total. The van der Waals surface area contributed by atoms with Gasteiger partial charge < -0.3 is 42.9 Å². The molecule has 0 radical (unpaired) electrons. The molecule has 0 aliphatic rings. The number of quaternary nitrogens is 2. The Bertz CT molecular complexity index is 543. The topological polar surface area (TPSA) is 0 Å². The van der Waals surface area contributed by atoms with Gasteiger partial charge in [-0.1, -0.05) is 60.7 Å². The zero-order valence-corrected chi connectivity index (χ0v) is 19.8. The van der Waals surface area contributed by atoms with Crippen LogP contribution in [-0.2, 0) is 13.1 Å². The molecule has 0 aliphatic heterocycles. The van der Waals surface area contributed by atoms with Gasteiger partial charge in [0.05, 0.1) is 41.3 Å². The molecule has 2 aromatic carbocycles. The second-order valence-corrected chi connectivity index (χ2v) is 8.31. The average molecular weight is 486 g/mol. The zero-order chi connectivity index (χ0) is 17.5. The lowest BCUT2D eigenvalue weighted by Crippen LogP contribution is -3.00. The standard InChI is InChI=1S/C22H34N2.2BrH/c1-23(2,19-21-13-7-5-8-14-21)17-11-12-18-24(3,4)20-22-15-9-6-10-16-22;;/h5-10,13-16H,11-12,17-20H2,1-4H3;2*1H/q+2;;/p-2. The fourth-order valence-corrected chi connectivity index (χ4v) is 3.39. The van der Waals surface area contributed by atoms with E-state index in [4.69, 9.17) is 0 Å². The second kappa shape index (κ2) is 11.9. The van der Waals surface area contributed by atoms with Crippen molar-refractivity contribution in [3.8, 4) is 0 Å². The van der Waals surface area contributed by atoms with Crippen molar-refractivity contribution in [2.45, 2.75) is 25.9 Å². The SMILES string of the molecule is C[N+](C)(CCCC[N+](C)(C)Cc1ccccc1)Cc1ccccc1.[Br-].[Br-]. The van der Waals surface area contributed by atoms with Gasteiger partial charge in [-0.25, -0.2) is 0 Å². The number of benzene rings is 2. The molecule has 2 aromatic rings. The molecule has 4 heteroatoms. The molecule has 2 rings (SSSR count). The highest BCUT2D eigenvalue weighted by Gasteiger charge is 2.18. The lowest BCUT2D eigenvalue weighted by Gasteiger charge is -2.32. The first kappa shape index (κ1) is 25.3. The highest BCUT2D eigenvalue weighted by molar-refractivity contribution is 5.14. The maximum absolute atomic E-state index is 2.34. The van der Waals surface area contributed by atoms with E-state index in [1.54, 1.807) is 0 Å². The zero-order valence-electron chi connectivity index (χ0n) is 16.7. The monoisotopic (exact) mass is 484 g/mol. The summed E-state index contributed by atoms with van der Waals surface area (Å²) in [5.41, 5.74) is 2.87. The summed E-state index contributed by atoms with van der Waals surface area (Å²) in [5.74, 6) is 0. The molecule has 0 unspecified atom stereocenters. The molecule has 0 heterocycles. The fraction of sp³-hybridized carbons (Fsp3) is 0.455. The van der Waals surface area contributed by atoms with Crippen molar-refractivity contribution in [1.29, 1.82) is 0 Å². The van der Waals surface area contributed by atoms with E-state index in [2.05, 4.69) is 88.9 Å². The van der Waals surface area contributed by atoms with Crippen molar-refractivity contribution in [1.82, 2.24) is 0 Å². The van der Waals surface area contributed by atoms with Crippen LogP contribution in [-0.4, -0.2) is 50.2 Å². The van der Waals surface area contributed by atoms with Crippen LogP contribution in [0.5, 0.6) is 0 Å². The predicted molar refractivity (Wildman–Crippen MR) is 103 cm³/mol. The number of unbranched alkanes of at least 4 members (excludes halogenated alkanes) is 1. The summed E-state index contributed by atoms with van der Waals surface area (Å²) in [6.45, 7) is 4.70. The van der Waals surface area contributed by atoms with Crippen molar-refractivity contribution in [2.24, 2.45) is 0 Å². The van der Waals surface area contributed by atoms with Crippen LogP contribution in [0.2, 0.25) is 0 Å². The van der Waals surface area contributed by atoms with E-state index >= 15 is 0 Å². The van der Waals surface area contributed by atoms with Crippen LogP contribution >= 0.6 is 0 Å². The van der Waals surface area contributed by atoms with Crippen molar-refractivity contribution >= 4 is 0 Å². The quantitative estimate of drug-likeness (QED) is 0.294. The van der Waals surface area contributed by atoms with E-state index in [1.807, 2.05) is 0 Å². The smallest absolute Gasteiger partial charge is 0.104 e. The van der Waals surface area contributed by atoms with Crippen LogP contribution in [0.1, 0.15) is 24.0 Å². The molecule has 0 fully saturated rings. The Hall–Kier alpha value is -0.680. The van der Waals surface area contributed by atoms with E-state index < -0.39 is 0 Å². The minimum Gasteiger partial charge on any atom is -1.00 e. The van der Waals surface area contributed by atoms with Crippen LogP contribution in [0.15, 0.2) is 60.7 Å². The van der Waals surface area contributed by atoms with Gasteiger partial charge in [0.15, 0.2) is 0 Å². The Balaban J connectivity index is 0.00000312. The summed E-state index contributed by atoms with van der Waals surface area (Å²) in [7, 11) is 9.38. The number of halogens is 2. The number of hydrogen-bond donors (Lipinski definition) is 0. The molecule has 0 bridgehead atoms. The molecular formula is C22H34Br2N2. The maximum Gasteiger partial charge on any atom is 0.104 e. The fourth-order valence-electron chi connectivity index (χ4n) is 3.39. The van der Waals surface area contributed by atoms with Gasteiger partial charge in [-0.05, 0) is 0 Å². The van der Waals surface area contributed by atoms with E-state index in [9.17, 15) is 0 Å². The molecule has 0 aliphatic carbocycles. The minimum absolute atomic E-state index is 0. The van der Waals surface area contributed by atoms with Crippen LogP contribution in [0.3, 0.4) is 0 Å². The van der Waals surface area contributed by atoms with Crippen molar-refractivity contribution in [2.75, 3.05) is 41.3 Å². The Morgan fingerprint density at radius 2 is 0.846 bits per heavy atom. The van der Waals surface area contributed by atoms with Gasteiger partial charge >= 0.3 is 0 Å². The molecule has 0 amide bonds. The lowest BCUT2D eigenvalue weighted by atomic mass is 10.1. The van der Waals surface area contributed by atoms with E-state index in [-0.39, 0.29) is 34.0 Å². The van der Waals surface area contributed by atoms with Crippen molar-refractivity contribution in [3.63, 3.8) is 0 Å². The molecule has 2 nitrogen and oxygen atoms in total. The largest absolute Gasteiger partial charge is 1.00 e. The van der Waals surface area contributed by atoms with Gasteiger partial charge in [-0.2, -0.15) is 0 Å². The first-order chi connectivity index (χ1) is 11.4. The Labute approximate surface area is 181 Å². The van der Waals surface area contributed by atoms with Crippen LogP contribution < -0.4 is 34.0 Å². The van der Waals surface area contributed by atoms with Gasteiger partial charge in [-0.15, -0.1) is 0 Å². The summed E-state index contributed by atoms with van der Waals surface area (Å²) < 4.78 is 2.13. The Morgan fingerprint density at radius 1 is 0.538 bits per heavy atom. The summed E-state index contributed by atoms with van der Waals surface area (Å²) >= 11 is 0. The van der Waals surface area contributed by atoms with Crippen molar-refractivity contribution in [3.05, 3.63) is 71.8 Å². The molecule has 0 saturated heterocycles. The van der Waals surface area contributed by atoms with Crippen LogP contribution in [0.4, 0.5) is 0 Å². The highest BCUT2D eigenvalue weighted by atomic mass is 79.9. The summed E-state index contributed by atoms with van der Waals surface area (Å²) in [4.78, 5) is 0. The number of hydrogen-bond acceptors (Lipinski definition) is 0. The maximum atomic E-state index is 2.34. The number of rotatable bonds is 9. The summed E-state index contributed by atoms with van der Waals surface area (Å²) in [5, 5.41) is 0. The first-order valence-corrected chi connectivity index (χ1v) is 9.08. The molecule has 0 saturated carbocycles. The third-order valence-electron chi connectivity index (χ3n) is 4.68. The summed E-state index contributed by atoms with van der Waals surface area (Å²) in [6, 6.07) is 21.7. The Kier molecular flexibility index (Phi) is 11.6. The van der Waals surface area contributed by atoms with Gasteiger partial charge in [0.2, 0.25) is 0 Å². The van der Waals surface area contributed by atoms with E-state index in [0.29, 0.717) is 0 Å². The molecule has 0 atom stereocenters. The third kappa shape index (κ3) is 9.86. The van der Waals surface area contributed by atoms with E-state index in [0.717, 1.165) is 22.1 Å². The normalized spacial score (nSPS) is 11.4. The summed E-state index contributed by atoms with van der Waals surface area (Å²) in [6.07, 6.45) is 2.58. The Morgan fingerprint density at radius 3 is 1.15 bits per heavy atom.